The monoisotopic (exact) mass is 304 g/mol. The molecule has 1 saturated carbocycles. The second-order valence-electron chi connectivity index (χ2n) is 5.65. The van der Waals surface area contributed by atoms with Crippen molar-refractivity contribution in [3.63, 3.8) is 0 Å². The van der Waals surface area contributed by atoms with Crippen LogP contribution < -0.4 is 5.32 Å². The molecule has 2 atom stereocenters. The predicted octanol–water partition coefficient (Wildman–Crippen LogP) is 2.25. The van der Waals surface area contributed by atoms with Crippen molar-refractivity contribution in [1.29, 1.82) is 5.26 Å². The van der Waals surface area contributed by atoms with Crippen LogP contribution in [0.15, 0.2) is 0 Å². The fraction of sp³-hybridized carbons (Fsp3) is 0.533. The summed E-state index contributed by atoms with van der Waals surface area (Å²) in [7, 11) is 0. The molecule has 0 saturated heterocycles. The van der Waals surface area contributed by atoms with E-state index in [9.17, 15) is 14.9 Å². The molecular weight excluding hydrogens is 288 g/mol. The zero-order valence-corrected chi connectivity index (χ0v) is 12.6. The van der Waals surface area contributed by atoms with Crippen LogP contribution in [0.3, 0.4) is 0 Å². The van der Waals surface area contributed by atoms with E-state index in [1.54, 1.807) is 0 Å². The number of hydrogen-bond acceptors (Lipinski definition) is 5. The van der Waals surface area contributed by atoms with Crippen LogP contribution in [-0.2, 0) is 27.2 Å². The van der Waals surface area contributed by atoms with E-state index in [0.717, 1.165) is 31.2 Å². The van der Waals surface area contributed by atoms with Gasteiger partial charge >= 0.3 is 5.97 Å². The Morgan fingerprint density at radius 1 is 1.48 bits per heavy atom. The Balaban J connectivity index is 1.58. The lowest BCUT2D eigenvalue weighted by Crippen LogP contribution is -2.21. The lowest BCUT2D eigenvalue weighted by atomic mass is 10.1. The molecule has 5 nitrogen and oxygen atoms in total. The summed E-state index contributed by atoms with van der Waals surface area (Å²) >= 11 is 1.46. The molecule has 6 heteroatoms. The molecule has 1 amide bonds. The van der Waals surface area contributed by atoms with Crippen molar-refractivity contribution in [1.82, 2.24) is 0 Å². The fourth-order valence-corrected chi connectivity index (χ4v) is 3.92. The maximum atomic E-state index is 11.8. The maximum absolute atomic E-state index is 11.8. The lowest BCUT2D eigenvalue weighted by molar-refractivity contribution is -0.148. The summed E-state index contributed by atoms with van der Waals surface area (Å²) in [4.78, 5) is 24.6. The highest BCUT2D eigenvalue weighted by Gasteiger charge is 2.40. The van der Waals surface area contributed by atoms with Crippen molar-refractivity contribution >= 4 is 28.2 Å². The number of nitrogens with one attached hydrogen (secondary N) is 1. The van der Waals surface area contributed by atoms with Gasteiger partial charge in [-0.1, -0.05) is 6.92 Å². The topological polar surface area (TPSA) is 79.2 Å². The fourth-order valence-electron chi connectivity index (χ4n) is 2.67. The minimum atomic E-state index is -0.381. The molecule has 1 N–H and O–H groups in total. The standard InChI is InChI=1S/C15H16N2O3S/c1-8-5-10(8)15(19)20-7-13(18)17-14-11(6-16)9-3-2-4-12(9)21-14/h8,10H,2-5,7H2,1H3,(H,17,18)/t8-,10+/m0/s1. The number of rotatable bonds is 4. The van der Waals surface area contributed by atoms with Gasteiger partial charge in [-0.25, -0.2) is 0 Å². The molecule has 0 radical (unpaired) electrons. The summed E-state index contributed by atoms with van der Waals surface area (Å²) in [5.74, 6) is -0.357. The summed E-state index contributed by atoms with van der Waals surface area (Å²) in [5.41, 5.74) is 1.64. The molecule has 1 fully saturated rings. The van der Waals surface area contributed by atoms with Crippen molar-refractivity contribution in [3.05, 3.63) is 16.0 Å². The van der Waals surface area contributed by atoms with E-state index in [1.807, 2.05) is 6.92 Å². The molecule has 0 unspecified atom stereocenters. The largest absolute Gasteiger partial charge is 0.455 e. The van der Waals surface area contributed by atoms with E-state index >= 15 is 0 Å². The third-order valence-corrected chi connectivity index (χ3v) is 5.25. The van der Waals surface area contributed by atoms with Gasteiger partial charge in [0, 0.05) is 4.88 Å². The number of amides is 1. The van der Waals surface area contributed by atoms with Crippen LogP contribution in [0, 0.1) is 23.2 Å². The summed E-state index contributed by atoms with van der Waals surface area (Å²) < 4.78 is 4.99. The average molecular weight is 304 g/mol. The third kappa shape index (κ3) is 2.79. The first kappa shape index (κ1) is 14.1. The minimum absolute atomic E-state index is 0.0435. The van der Waals surface area contributed by atoms with Crippen LogP contribution in [-0.4, -0.2) is 18.5 Å². The van der Waals surface area contributed by atoms with Gasteiger partial charge in [0.1, 0.15) is 11.1 Å². The van der Waals surface area contributed by atoms with Gasteiger partial charge in [0.2, 0.25) is 0 Å². The van der Waals surface area contributed by atoms with Crippen LogP contribution in [0.1, 0.15) is 35.8 Å². The molecule has 2 aliphatic carbocycles. The SMILES string of the molecule is C[C@H]1C[C@H]1C(=O)OCC(=O)Nc1sc2c(c1C#N)CCC2. The van der Waals surface area contributed by atoms with Gasteiger partial charge in [-0.05, 0) is 37.2 Å². The second kappa shape index (κ2) is 5.49. The van der Waals surface area contributed by atoms with Gasteiger partial charge in [0.15, 0.2) is 6.61 Å². The summed E-state index contributed by atoms with van der Waals surface area (Å²) in [6, 6.07) is 2.17. The van der Waals surface area contributed by atoms with E-state index in [1.165, 1.54) is 16.2 Å². The second-order valence-corrected chi connectivity index (χ2v) is 6.75. The zero-order valence-electron chi connectivity index (χ0n) is 11.8. The maximum Gasteiger partial charge on any atom is 0.309 e. The summed E-state index contributed by atoms with van der Waals surface area (Å²) in [5, 5.41) is 12.5. The molecule has 110 valence electrons. The number of fused-ring (bicyclic) bond motifs is 1. The number of nitriles is 1. The molecule has 1 heterocycles. The van der Waals surface area contributed by atoms with E-state index in [4.69, 9.17) is 4.74 Å². The van der Waals surface area contributed by atoms with Gasteiger partial charge in [-0.15, -0.1) is 11.3 Å². The van der Waals surface area contributed by atoms with Gasteiger partial charge in [0.05, 0.1) is 11.5 Å². The average Bonchev–Trinajstić information content (AvgIpc) is 2.87. The summed E-state index contributed by atoms with van der Waals surface area (Å²) in [6.45, 7) is 1.70. The number of anilines is 1. The van der Waals surface area contributed by atoms with Crippen LogP contribution in [0.25, 0.3) is 0 Å². The van der Waals surface area contributed by atoms with Crippen LogP contribution in [0.5, 0.6) is 0 Å². The highest BCUT2D eigenvalue weighted by atomic mass is 32.1. The number of nitrogens with zero attached hydrogens (tertiary/aromatic N) is 1. The molecule has 0 bridgehead atoms. The Kier molecular flexibility index (Phi) is 3.68. The van der Waals surface area contributed by atoms with E-state index < -0.39 is 0 Å². The van der Waals surface area contributed by atoms with Crippen molar-refractivity contribution in [2.75, 3.05) is 11.9 Å². The number of hydrogen-bond donors (Lipinski definition) is 1. The molecule has 0 spiro atoms. The van der Waals surface area contributed by atoms with E-state index in [2.05, 4.69) is 11.4 Å². The quantitative estimate of drug-likeness (QED) is 0.865. The Hall–Kier alpha value is -1.87. The molecule has 2 aliphatic rings. The molecular formula is C15H16N2O3S. The normalized spacial score (nSPS) is 22.3. The first-order valence-corrected chi connectivity index (χ1v) is 7.93. The Labute approximate surface area is 126 Å². The smallest absolute Gasteiger partial charge is 0.309 e. The predicted molar refractivity (Wildman–Crippen MR) is 77.9 cm³/mol. The van der Waals surface area contributed by atoms with Crippen molar-refractivity contribution in [2.24, 2.45) is 11.8 Å². The zero-order chi connectivity index (χ0) is 15.0. The van der Waals surface area contributed by atoms with Crippen LogP contribution in [0.2, 0.25) is 0 Å². The Morgan fingerprint density at radius 3 is 2.90 bits per heavy atom. The van der Waals surface area contributed by atoms with Crippen molar-refractivity contribution in [2.45, 2.75) is 32.6 Å². The molecule has 0 aromatic carbocycles. The van der Waals surface area contributed by atoms with Gasteiger partial charge < -0.3 is 10.1 Å². The van der Waals surface area contributed by atoms with Gasteiger partial charge in [-0.2, -0.15) is 5.26 Å². The van der Waals surface area contributed by atoms with Crippen molar-refractivity contribution in [3.8, 4) is 6.07 Å². The van der Waals surface area contributed by atoms with Gasteiger partial charge in [0.25, 0.3) is 5.91 Å². The number of ether oxygens (including phenoxy) is 1. The number of aryl methyl sites for hydroxylation is 1. The molecule has 1 aromatic heterocycles. The molecule has 0 aliphatic heterocycles. The van der Waals surface area contributed by atoms with Crippen LogP contribution >= 0.6 is 11.3 Å². The molecule has 1 aromatic rings. The van der Waals surface area contributed by atoms with Crippen LogP contribution in [0.4, 0.5) is 5.00 Å². The minimum Gasteiger partial charge on any atom is -0.455 e. The highest BCUT2D eigenvalue weighted by Crippen LogP contribution is 2.39. The lowest BCUT2D eigenvalue weighted by Gasteiger charge is -2.05. The Morgan fingerprint density at radius 2 is 2.24 bits per heavy atom. The molecule has 21 heavy (non-hydrogen) atoms. The first-order valence-electron chi connectivity index (χ1n) is 7.11. The number of thiophene rings is 1. The number of carbonyl (C=O) groups is 2. The third-order valence-electron chi connectivity index (χ3n) is 4.04. The van der Waals surface area contributed by atoms with E-state index in [-0.39, 0.29) is 24.4 Å². The number of carbonyl (C=O) groups excluding carboxylic acids is 2. The molecule has 3 rings (SSSR count). The number of esters is 1. The Bertz CT molecular complexity index is 644. The van der Waals surface area contributed by atoms with E-state index in [0.29, 0.717) is 16.5 Å². The first-order chi connectivity index (χ1) is 10.1. The van der Waals surface area contributed by atoms with Gasteiger partial charge in [-0.3, -0.25) is 9.59 Å². The van der Waals surface area contributed by atoms with Crippen molar-refractivity contribution < 1.29 is 14.3 Å². The highest BCUT2D eigenvalue weighted by molar-refractivity contribution is 7.16. The summed E-state index contributed by atoms with van der Waals surface area (Å²) in [6.07, 6.45) is 3.79.